The normalized spacial score (nSPS) is 12.9. The van der Waals surface area contributed by atoms with Crippen molar-refractivity contribution in [3.8, 4) is 11.1 Å². The molecule has 2 heterocycles. The summed E-state index contributed by atoms with van der Waals surface area (Å²) in [4.78, 5) is 18.8. The van der Waals surface area contributed by atoms with E-state index in [1.807, 2.05) is 36.4 Å². The van der Waals surface area contributed by atoms with Gasteiger partial charge in [0.1, 0.15) is 0 Å². The van der Waals surface area contributed by atoms with Crippen LogP contribution < -0.4 is 9.62 Å². The van der Waals surface area contributed by atoms with E-state index >= 15 is 0 Å². The first-order valence-electron chi connectivity index (χ1n) is 10.5. The molecule has 3 aromatic carbocycles. The highest BCUT2D eigenvalue weighted by Gasteiger charge is 2.26. The first kappa shape index (κ1) is 20.9. The van der Waals surface area contributed by atoms with Gasteiger partial charge < -0.3 is 4.90 Å². The number of fused-ring (bicyclic) bond motifs is 1. The van der Waals surface area contributed by atoms with Gasteiger partial charge in [-0.3, -0.25) is 14.5 Å². The second kappa shape index (κ2) is 8.52. The number of nitrogens with zero attached hydrogens (tertiary/aromatic N) is 2. The molecule has 4 aromatic rings. The van der Waals surface area contributed by atoms with E-state index in [1.54, 1.807) is 59.6 Å². The number of sulfonamides is 1. The van der Waals surface area contributed by atoms with Crippen LogP contribution in [-0.2, 0) is 16.4 Å². The zero-order chi connectivity index (χ0) is 22.8. The predicted octanol–water partition coefficient (Wildman–Crippen LogP) is 4.75. The molecule has 1 aliphatic rings. The van der Waals surface area contributed by atoms with E-state index in [-0.39, 0.29) is 10.8 Å². The van der Waals surface area contributed by atoms with Crippen LogP contribution in [0.3, 0.4) is 0 Å². The molecular formula is C26H21N3O3S. The van der Waals surface area contributed by atoms with Crippen molar-refractivity contribution in [2.24, 2.45) is 0 Å². The van der Waals surface area contributed by atoms with Crippen molar-refractivity contribution in [1.29, 1.82) is 0 Å². The van der Waals surface area contributed by atoms with Crippen LogP contribution in [0.25, 0.3) is 11.1 Å². The zero-order valence-corrected chi connectivity index (χ0v) is 18.5. The van der Waals surface area contributed by atoms with Gasteiger partial charge in [0, 0.05) is 24.6 Å². The molecule has 0 fully saturated rings. The maximum Gasteiger partial charge on any atom is 0.261 e. The highest BCUT2D eigenvalue weighted by Crippen LogP contribution is 2.33. The number of hydrogen-bond donors (Lipinski definition) is 1. The summed E-state index contributed by atoms with van der Waals surface area (Å²) in [5, 5.41) is 0. The zero-order valence-electron chi connectivity index (χ0n) is 17.7. The smallest absolute Gasteiger partial charge is 0.261 e. The van der Waals surface area contributed by atoms with Crippen LogP contribution in [-0.4, -0.2) is 25.9 Å². The van der Waals surface area contributed by atoms with Crippen LogP contribution in [0.4, 0.5) is 11.4 Å². The Morgan fingerprint density at radius 2 is 1.64 bits per heavy atom. The van der Waals surface area contributed by atoms with Crippen molar-refractivity contribution in [3.63, 3.8) is 0 Å². The van der Waals surface area contributed by atoms with Crippen molar-refractivity contribution in [1.82, 2.24) is 4.98 Å². The summed E-state index contributed by atoms with van der Waals surface area (Å²) >= 11 is 0. The maximum absolute atomic E-state index is 13.0. The maximum atomic E-state index is 13.0. The number of anilines is 2. The topological polar surface area (TPSA) is 79.4 Å². The number of rotatable bonds is 5. The summed E-state index contributed by atoms with van der Waals surface area (Å²) in [6, 6.07) is 25.3. The van der Waals surface area contributed by atoms with Crippen LogP contribution in [0, 0.1) is 0 Å². The molecule has 0 aliphatic carbocycles. The van der Waals surface area contributed by atoms with Gasteiger partial charge in [0.05, 0.1) is 16.1 Å². The number of carbonyl (C=O) groups excluding carboxylic acids is 1. The number of amides is 1. The number of aromatic nitrogens is 1. The van der Waals surface area contributed by atoms with Crippen molar-refractivity contribution in [2.45, 2.75) is 11.3 Å². The summed E-state index contributed by atoms with van der Waals surface area (Å²) in [7, 11) is -3.78. The Balaban J connectivity index is 1.38. The summed E-state index contributed by atoms with van der Waals surface area (Å²) < 4.78 is 28.6. The van der Waals surface area contributed by atoms with Crippen molar-refractivity contribution in [2.75, 3.05) is 16.2 Å². The number of hydrogen-bond acceptors (Lipinski definition) is 4. The fraction of sp³-hybridized carbons (Fsp3) is 0.0769. The Kier molecular flexibility index (Phi) is 5.40. The lowest BCUT2D eigenvalue weighted by Crippen LogP contribution is -2.29. The standard InChI is InChI=1S/C26H21N3O3S/c30-26(22-7-4-15-27-18-22)29-16-14-21-8-11-23(17-25(21)29)28-33(31,32)24-12-9-20(10-13-24)19-5-2-1-3-6-19/h1-13,15,17-18,28H,14,16H2. The predicted molar refractivity (Wildman–Crippen MR) is 129 cm³/mol. The Labute approximate surface area is 192 Å². The lowest BCUT2D eigenvalue weighted by Gasteiger charge is -2.18. The number of pyridine rings is 1. The van der Waals surface area contributed by atoms with Gasteiger partial charge >= 0.3 is 0 Å². The minimum Gasteiger partial charge on any atom is -0.308 e. The molecule has 1 N–H and O–H groups in total. The molecule has 0 spiro atoms. The molecule has 7 heteroatoms. The fourth-order valence-electron chi connectivity index (χ4n) is 3.97. The lowest BCUT2D eigenvalue weighted by atomic mass is 10.1. The third kappa shape index (κ3) is 4.23. The summed E-state index contributed by atoms with van der Waals surface area (Å²) in [6.45, 7) is 0.542. The second-order valence-corrected chi connectivity index (χ2v) is 9.47. The van der Waals surface area contributed by atoms with Gasteiger partial charge in [-0.05, 0) is 59.5 Å². The molecule has 0 saturated heterocycles. The van der Waals surface area contributed by atoms with Gasteiger partial charge in [-0.2, -0.15) is 0 Å². The molecule has 0 atom stereocenters. The van der Waals surface area contributed by atoms with Gasteiger partial charge in [0.25, 0.3) is 15.9 Å². The van der Waals surface area contributed by atoms with E-state index in [9.17, 15) is 13.2 Å². The van der Waals surface area contributed by atoms with Crippen molar-refractivity contribution < 1.29 is 13.2 Å². The Morgan fingerprint density at radius 1 is 0.879 bits per heavy atom. The minimum atomic E-state index is -3.78. The molecule has 164 valence electrons. The molecular weight excluding hydrogens is 434 g/mol. The molecule has 0 radical (unpaired) electrons. The summed E-state index contributed by atoms with van der Waals surface area (Å²) in [6.07, 6.45) is 3.87. The quantitative estimate of drug-likeness (QED) is 0.471. The average Bonchev–Trinajstić information content (AvgIpc) is 3.28. The van der Waals surface area contributed by atoms with Crippen LogP contribution >= 0.6 is 0 Å². The molecule has 1 aromatic heterocycles. The highest BCUT2D eigenvalue weighted by molar-refractivity contribution is 7.92. The first-order chi connectivity index (χ1) is 16.0. The molecule has 0 saturated carbocycles. The van der Waals surface area contributed by atoms with Crippen LogP contribution in [0.1, 0.15) is 15.9 Å². The van der Waals surface area contributed by atoms with E-state index in [2.05, 4.69) is 9.71 Å². The highest BCUT2D eigenvalue weighted by atomic mass is 32.2. The van der Waals surface area contributed by atoms with Crippen LogP contribution in [0.5, 0.6) is 0 Å². The largest absolute Gasteiger partial charge is 0.308 e. The molecule has 33 heavy (non-hydrogen) atoms. The second-order valence-electron chi connectivity index (χ2n) is 7.79. The molecule has 1 amide bonds. The third-order valence-electron chi connectivity index (χ3n) is 5.66. The van der Waals surface area contributed by atoms with E-state index in [0.717, 1.165) is 23.1 Å². The van der Waals surface area contributed by atoms with E-state index in [1.165, 1.54) is 6.20 Å². The Bertz CT molecular complexity index is 1400. The van der Waals surface area contributed by atoms with Crippen LogP contribution in [0.2, 0.25) is 0 Å². The number of benzene rings is 3. The van der Waals surface area contributed by atoms with Crippen LogP contribution in [0.15, 0.2) is 102 Å². The SMILES string of the molecule is O=C(c1cccnc1)N1CCc2ccc(NS(=O)(=O)c3ccc(-c4ccccc4)cc3)cc21. The summed E-state index contributed by atoms with van der Waals surface area (Å²) in [5.41, 5.74) is 4.58. The fourth-order valence-corrected chi connectivity index (χ4v) is 5.02. The van der Waals surface area contributed by atoms with Gasteiger partial charge in [-0.25, -0.2) is 8.42 Å². The monoisotopic (exact) mass is 455 g/mol. The molecule has 0 bridgehead atoms. The summed E-state index contributed by atoms with van der Waals surface area (Å²) in [5.74, 6) is -0.154. The Morgan fingerprint density at radius 3 is 2.36 bits per heavy atom. The van der Waals surface area contributed by atoms with Crippen molar-refractivity contribution >= 4 is 27.3 Å². The average molecular weight is 456 g/mol. The minimum absolute atomic E-state index is 0.154. The van der Waals surface area contributed by atoms with Gasteiger partial charge in [0.15, 0.2) is 0 Å². The molecule has 5 rings (SSSR count). The van der Waals surface area contributed by atoms with Gasteiger partial charge in [-0.15, -0.1) is 0 Å². The first-order valence-corrected chi connectivity index (χ1v) is 12.0. The number of nitrogens with one attached hydrogen (secondary N) is 1. The van der Waals surface area contributed by atoms with E-state index in [0.29, 0.717) is 23.5 Å². The lowest BCUT2D eigenvalue weighted by molar-refractivity contribution is 0.0989. The van der Waals surface area contributed by atoms with Gasteiger partial charge in [-0.1, -0.05) is 48.5 Å². The molecule has 1 aliphatic heterocycles. The van der Waals surface area contributed by atoms with E-state index < -0.39 is 10.0 Å². The molecule has 6 nitrogen and oxygen atoms in total. The van der Waals surface area contributed by atoms with Gasteiger partial charge in [0.2, 0.25) is 0 Å². The molecule has 0 unspecified atom stereocenters. The Hall–Kier alpha value is -3.97. The third-order valence-corrected chi connectivity index (χ3v) is 7.06. The number of carbonyl (C=O) groups is 1. The van der Waals surface area contributed by atoms with E-state index in [4.69, 9.17) is 0 Å². The van der Waals surface area contributed by atoms with Crippen molar-refractivity contribution in [3.05, 3.63) is 108 Å².